The lowest BCUT2D eigenvalue weighted by Crippen LogP contribution is -1.98. The Labute approximate surface area is 104 Å². The van der Waals surface area contributed by atoms with Crippen molar-refractivity contribution in [2.45, 2.75) is 6.42 Å². The van der Waals surface area contributed by atoms with Crippen molar-refractivity contribution in [3.63, 3.8) is 0 Å². The lowest BCUT2D eigenvalue weighted by atomic mass is 10.3. The number of nitrogens with zero attached hydrogens (tertiary/aromatic N) is 4. The SMILES string of the molecule is COC(=O)CC#Cc1cnc(-n2ccnc2)nc1. The average Bonchev–Trinajstić information content (AvgIpc) is 2.93. The van der Waals surface area contributed by atoms with Gasteiger partial charge in [-0.25, -0.2) is 15.0 Å². The van der Waals surface area contributed by atoms with Crippen LogP contribution in [0.4, 0.5) is 0 Å². The van der Waals surface area contributed by atoms with Crippen LogP contribution in [0.25, 0.3) is 5.95 Å². The predicted octanol–water partition coefficient (Wildman–Crippen LogP) is 0.577. The first-order valence-corrected chi connectivity index (χ1v) is 5.15. The highest BCUT2D eigenvalue weighted by Crippen LogP contribution is 2.00. The molecular formula is C12H10N4O2. The molecule has 18 heavy (non-hydrogen) atoms. The highest BCUT2D eigenvalue weighted by Gasteiger charge is 1.98. The normalized spacial score (nSPS) is 9.39. The summed E-state index contributed by atoms with van der Waals surface area (Å²) in [6, 6.07) is 0. The molecule has 2 rings (SSSR count). The van der Waals surface area contributed by atoms with Gasteiger partial charge in [0.05, 0.1) is 12.7 Å². The van der Waals surface area contributed by atoms with E-state index in [0.29, 0.717) is 11.5 Å². The van der Waals surface area contributed by atoms with Gasteiger partial charge in [0, 0.05) is 24.8 Å². The van der Waals surface area contributed by atoms with Gasteiger partial charge >= 0.3 is 5.97 Å². The Hall–Kier alpha value is -2.68. The highest BCUT2D eigenvalue weighted by molar-refractivity contribution is 5.72. The number of hydrogen-bond acceptors (Lipinski definition) is 5. The summed E-state index contributed by atoms with van der Waals surface area (Å²) in [6.45, 7) is 0. The van der Waals surface area contributed by atoms with Crippen LogP contribution < -0.4 is 0 Å². The zero-order valence-corrected chi connectivity index (χ0v) is 9.70. The summed E-state index contributed by atoms with van der Waals surface area (Å²) in [5, 5.41) is 0. The van der Waals surface area contributed by atoms with Gasteiger partial charge in [-0.3, -0.25) is 9.36 Å². The maximum Gasteiger partial charge on any atom is 0.317 e. The number of methoxy groups -OCH3 is 1. The number of carbonyl (C=O) groups excluding carboxylic acids is 1. The largest absolute Gasteiger partial charge is 0.468 e. The number of imidazole rings is 1. The molecule has 0 saturated heterocycles. The second kappa shape index (κ2) is 5.59. The molecule has 2 heterocycles. The van der Waals surface area contributed by atoms with Gasteiger partial charge in [0.2, 0.25) is 5.95 Å². The van der Waals surface area contributed by atoms with Crippen molar-refractivity contribution >= 4 is 5.97 Å². The highest BCUT2D eigenvalue weighted by atomic mass is 16.5. The topological polar surface area (TPSA) is 69.9 Å². The van der Waals surface area contributed by atoms with Crippen molar-refractivity contribution in [3.05, 3.63) is 36.7 Å². The summed E-state index contributed by atoms with van der Waals surface area (Å²) in [4.78, 5) is 23.0. The molecule has 90 valence electrons. The lowest BCUT2D eigenvalue weighted by molar-refractivity contribution is -0.139. The van der Waals surface area contributed by atoms with Gasteiger partial charge in [0.15, 0.2) is 0 Å². The van der Waals surface area contributed by atoms with Gasteiger partial charge in [0.1, 0.15) is 12.7 Å². The van der Waals surface area contributed by atoms with Crippen LogP contribution in [0, 0.1) is 11.8 Å². The quantitative estimate of drug-likeness (QED) is 0.569. The summed E-state index contributed by atoms with van der Waals surface area (Å²) >= 11 is 0. The maximum absolute atomic E-state index is 10.8. The minimum atomic E-state index is -0.363. The van der Waals surface area contributed by atoms with Gasteiger partial charge in [-0.05, 0) is 0 Å². The van der Waals surface area contributed by atoms with Gasteiger partial charge < -0.3 is 4.74 Å². The van der Waals surface area contributed by atoms with Crippen molar-refractivity contribution in [2.24, 2.45) is 0 Å². The summed E-state index contributed by atoms with van der Waals surface area (Å²) in [7, 11) is 1.33. The van der Waals surface area contributed by atoms with Crippen LogP contribution in [0.15, 0.2) is 31.1 Å². The van der Waals surface area contributed by atoms with E-state index < -0.39 is 0 Å². The van der Waals surface area contributed by atoms with Crippen LogP contribution in [0.2, 0.25) is 0 Å². The van der Waals surface area contributed by atoms with Gasteiger partial charge in [-0.15, -0.1) is 0 Å². The van der Waals surface area contributed by atoms with Gasteiger partial charge in [-0.1, -0.05) is 11.8 Å². The lowest BCUT2D eigenvalue weighted by Gasteiger charge is -1.98. The van der Waals surface area contributed by atoms with E-state index in [1.54, 1.807) is 35.7 Å². The molecule has 0 saturated carbocycles. The third-order valence-electron chi connectivity index (χ3n) is 2.07. The predicted molar refractivity (Wildman–Crippen MR) is 62.7 cm³/mol. The van der Waals surface area contributed by atoms with Crippen molar-refractivity contribution in [3.8, 4) is 17.8 Å². The molecular weight excluding hydrogens is 232 g/mol. The number of hydrogen-bond donors (Lipinski definition) is 0. The Bertz CT molecular complexity index is 579. The number of esters is 1. The molecule has 0 aliphatic rings. The van der Waals surface area contributed by atoms with E-state index in [1.165, 1.54) is 7.11 Å². The molecule has 0 bridgehead atoms. The van der Waals surface area contributed by atoms with Crippen molar-refractivity contribution in [2.75, 3.05) is 7.11 Å². The molecule has 6 heteroatoms. The van der Waals surface area contributed by atoms with Crippen LogP contribution >= 0.6 is 0 Å². The molecule has 0 radical (unpaired) electrons. The first kappa shape index (κ1) is 11.8. The molecule has 0 aliphatic carbocycles. The van der Waals surface area contributed by atoms with Crippen LogP contribution in [0.5, 0.6) is 0 Å². The average molecular weight is 242 g/mol. The number of aromatic nitrogens is 4. The van der Waals surface area contributed by atoms with E-state index in [2.05, 4.69) is 31.5 Å². The Kier molecular flexibility index (Phi) is 3.66. The van der Waals surface area contributed by atoms with Gasteiger partial charge in [-0.2, -0.15) is 0 Å². The van der Waals surface area contributed by atoms with E-state index in [4.69, 9.17) is 0 Å². The first-order chi connectivity index (χ1) is 8.79. The molecule has 0 aliphatic heterocycles. The summed E-state index contributed by atoms with van der Waals surface area (Å²) in [5.74, 6) is 5.62. The van der Waals surface area contributed by atoms with Crippen molar-refractivity contribution < 1.29 is 9.53 Å². The summed E-state index contributed by atoms with van der Waals surface area (Å²) in [5.41, 5.74) is 0.641. The second-order valence-electron chi connectivity index (χ2n) is 3.30. The fourth-order valence-electron chi connectivity index (χ4n) is 1.19. The molecule has 0 amide bonds. The third-order valence-corrected chi connectivity index (χ3v) is 2.07. The minimum absolute atomic E-state index is 0.0553. The molecule has 0 spiro atoms. The Morgan fingerprint density at radius 2 is 2.22 bits per heavy atom. The third kappa shape index (κ3) is 2.92. The number of ether oxygens (including phenoxy) is 1. The Balaban J connectivity index is 2.06. The second-order valence-corrected chi connectivity index (χ2v) is 3.30. The first-order valence-electron chi connectivity index (χ1n) is 5.15. The zero-order chi connectivity index (χ0) is 12.8. The van der Waals surface area contributed by atoms with Crippen molar-refractivity contribution in [1.82, 2.24) is 19.5 Å². The van der Waals surface area contributed by atoms with Crippen LogP contribution in [0.3, 0.4) is 0 Å². The van der Waals surface area contributed by atoms with E-state index in [0.717, 1.165) is 0 Å². The minimum Gasteiger partial charge on any atom is -0.468 e. The zero-order valence-electron chi connectivity index (χ0n) is 9.70. The number of rotatable bonds is 2. The monoisotopic (exact) mass is 242 g/mol. The molecule has 2 aromatic heterocycles. The van der Waals surface area contributed by atoms with Crippen LogP contribution in [0.1, 0.15) is 12.0 Å². The molecule has 0 N–H and O–H groups in total. The smallest absolute Gasteiger partial charge is 0.317 e. The van der Waals surface area contributed by atoms with Crippen molar-refractivity contribution in [1.29, 1.82) is 0 Å². The fraction of sp³-hybridized carbons (Fsp3) is 0.167. The molecule has 6 nitrogen and oxygen atoms in total. The van der Waals surface area contributed by atoms with E-state index >= 15 is 0 Å². The standard InChI is InChI=1S/C12H10N4O2/c1-18-11(17)4-2-3-10-7-14-12(15-8-10)16-6-5-13-9-16/h5-9H,4H2,1H3. The molecule has 0 fully saturated rings. The summed E-state index contributed by atoms with van der Waals surface area (Å²) in [6.07, 6.45) is 8.24. The molecule has 0 aromatic carbocycles. The van der Waals surface area contributed by atoms with E-state index in [-0.39, 0.29) is 12.4 Å². The van der Waals surface area contributed by atoms with Crippen LogP contribution in [-0.2, 0) is 9.53 Å². The fourth-order valence-corrected chi connectivity index (χ4v) is 1.19. The maximum atomic E-state index is 10.8. The van der Waals surface area contributed by atoms with Crippen LogP contribution in [-0.4, -0.2) is 32.6 Å². The molecule has 0 atom stereocenters. The van der Waals surface area contributed by atoms with Gasteiger partial charge in [0.25, 0.3) is 0 Å². The summed E-state index contributed by atoms with van der Waals surface area (Å²) < 4.78 is 6.16. The van der Waals surface area contributed by atoms with E-state index in [1.807, 2.05) is 0 Å². The Morgan fingerprint density at radius 1 is 1.44 bits per heavy atom. The number of carbonyl (C=O) groups is 1. The Morgan fingerprint density at radius 3 is 2.83 bits per heavy atom. The van der Waals surface area contributed by atoms with E-state index in [9.17, 15) is 4.79 Å². The molecule has 0 unspecified atom stereocenters. The molecule has 2 aromatic rings.